The summed E-state index contributed by atoms with van der Waals surface area (Å²) in [6.07, 6.45) is 4.45. The number of nitrogens with one attached hydrogen (secondary N) is 2. The molecule has 0 saturated carbocycles. The van der Waals surface area contributed by atoms with Gasteiger partial charge in [-0.3, -0.25) is 19.7 Å². The van der Waals surface area contributed by atoms with Crippen molar-refractivity contribution < 1.29 is 34.5 Å². The molecule has 2 heterocycles. The van der Waals surface area contributed by atoms with Crippen molar-refractivity contribution in [2.45, 2.75) is 82.5 Å². The number of rotatable bonds is 13. The Morgan fingerprint density at radius 3 is 2.27 bits per heavy atom. The van der Waals surface area contributed by atoms with Crippen LogP contribution in [0.1, 0.15) is 80.5 Å². The molecule has 2 fully saturated rings. The van der Waals surface area contributed by atoms with Crippen LogP contribution in [0.15, 0.2) is 48.5 Å². The Kier molecular flexibility index (Phi) is 11.5. The molecule has 0 unspecified atom stereocenters. The van der Waals surface area contributed by atoms with Crippen molar-refractivity contribution >= 4 is 17.5 Å². The molecule has 4 rings (SSSR count). The van der Waals surface area contributed by atoms with Crippen LogP contribution in [0.4, 0.5) is 5.69 Å². The average molecular weight is 556 g/mol. The van der Waals surface area contributed by atoms with Crippen molar-refractivity contribution in [1.82, 2.24) is 10.4 Å². The molecule has 2 aromatic rings. The van der Waals surface area contributed by atoms with Gasteiger partial charge in [0.1, 0.15) is 0 Å². The third-order valence-corrected chi connectivity index (χ3v) is 7.66. The van der Waals surface area contributed by atoms with Gasteiger partial charge in [-0.1, -0.05) is 42.8 Å². The lowest BCUT2D eigenvalue weighted by atomic mass is 9.99. The van der Waals surface area contributed by atoms with E-state index in [1.165, 1.54) is 0 Å². The molecular formula is C30H41N3O7. The molecule has 4 atom stereocenters. The summed E-state index contributed by atoms with van der Waals surface area (Å²) in [5, 5.41) is 30.6. The fourth-order valence-corrected chi connectivity index (χ4v) is 5.39. The highest BCUT2D eigenvalue weighted by Gasteiger charge is 2.35. The van der Waals surface area contributed by atoms with E-state index in [-0.39, 0.29) is 43.8 Å². The van der Waals surface area contributed by atoms with Gasteiger partial charge >= 0.3 is 0 Å². The Labute approximate surface area is 235 Å². The monoisotopic (exact) mass is 555 g/mol. The van der Waals surface area contributed by atoms with Gasteiger partial charge in [-0.2, -0.15) is 0 Å². The van der Waals surface area contributed by atoms with E-state index in [1.807, 2.05) is 48.5 Å². The summed E-state index contributed by atoms with van der Waals surface area (Å²) in [5.41, 5.74) is 5.01. The molecule has 40 heavy (non-hydrogen) atoms. The minimum Gasteiger partial charge on any atom is -0.395 e. The molecule has 0 radical (unpaired) electrons. The van der Waals surface area contributed by atoms with Gasteiger partial charge in [0.25, 0.3) is 0 Å². The second kappa shape index (κ2) is 15.2. The van der Waals surface area contributed by atoms with Crippen LogP contribution in [0.5, 0.6) is 0 Å². The third kappa shape index (κ3) is 8.57. The fraction of sp³-hybridized carbons (Fsp3) is 0.533. The van der Waals surface area contributed by atoms with E-state index in [9.17, 15) is 19.8 Å². The summed E-state index contributed by atoms with van der Waals surface area (Å²) in [6, 6.07) is 15.4. The van der Waals surface area contributed by atoms with Crippen LogP contribution in [-0.2, 0) is 25.7 Å². The fourth-order valence-electron chi connectivity index (χ4n) is 5.39. The summed E-state index contributed by atoms with van der Waals surface area (Å²) in [5.74, 6) is -0.516. The van der Waals surface area contributed by atoms with Crippen molar-refractivity contribution in [1.29, 1.82) is 0 Å². The summed E-state index contributed by atoms with van der Waals surface area (Å²) in [6.45, 7) is 1.80. The van der Waals surface area contributed by atoms with Crippen molar-refractivity contribution in [2.24, 2.45) is 0 Å². The van der Waals surface area contributed by atoms with Crippen LogP contribution in [0, 0.1) is 0 Å². The van der Waals surface area contributed by atoms with E-state index in [2.05, 4.69) is 10.2 Å². The maximum Gasteiger partial charge on any atom is 0.243 e. The number of ether oxygens (including phenoxy) is 2. The largest absolute Gasteiger partial charge is 0.395 e. The standard InChI is InChI=1S/C30H41N3O7/c34-19-21-8-10-22(11-9-21)27-17-26(18-33-16-4-5-25(33)20-35)39-30(40-27)23-12-14-24(15-13-23)31-28(36)6-2-1-3-7-29(37)32-38/h8-15,25-27,30,34-35,38H,1-7,16-20H2,(H,31,36)(H,32,37)/t25-,26-,27+,30+/m0/s1. The maximum atomic E-state index is 12.3. The van der Waals surface area contributed by atoms with Crippen LogP contribution in [0.3, 0.4) is 0 Å². The molecule has 10 heteroatoms. The maximum absolute atomic E-state index is 12.3. The Bertz CT molecular complexity index is 1080. The highest BCUT2D eigenvalue weighted by atomic mass is 16.7. The predicted octanol–water partition coefficient (Wildman–Crippen LogP) is 3.58. The minimum atomic E-state index is -0.586. The highest BCUT2D eigenvalue weighted by molar-refractivity contribution is 5.90. The van der Waals surface area contributed by atoms with E-state index in [0.29, 0.717) is 31.4 Å². The topological polar surface area (TPSA) is 141 Å². The van der Waals surface area contributed by atoms with Crippen LogP contribution < -0.4 is 10.8 Å². The number of aliphatic hydroxyl groups is 2. The summed E-state index contributed by atoms with van der Waals surface area (Å²) >= 11 is 0. The lowest BCUT2D eigenvalue weighted by Gasteiger charge is -2.38. The molecule has 218 valence electrons. The first-order chi connectivity index (χ1) is 19.5. The molecular weight excluding hydrogens is 514 g/mol. The Morgan fingerprint density at radius 2 is 1.60 bits per heavy atom. The molecule has 5 N–H and O–H groups in total. The van der Waals surface area contributed by atoms with Gasteiger partial charge in [0.2, 0.25) is 11.8 Å². The number of likely N-dealkylation sites (tertiary alicyclic amines) is 1. The van der Waals surface area contributed by atoms with Crippen LogP contribution >= 0.6 is 0 Å². The zero-order chi connectivity index (χ0) is 28.3. The van der Waals surface area contributed by atoms with Gasteiger partial charge in [0, 0.05) is 43.1 Å². The number of carbonyl (C=O) groups is 2. The van der Waals surface area contributed by atoms with E-state index in [1.54, 1.807) is 5.48 Å². The van der Waals surface area contributed by atoms with Crippen LogP contribution in [0.2, 0.25) is 0 Å². The zero-order valence-electron chi connectivity index (χ0n) is 22.8. The number of hydroxylamine groups is 1. The normalized spacial score (nSPS) is 23.2. The Morgan fingerprint density at radius 1 is 0.900 bits per heavy atom. The number of hydrogen-bond acceptors (Lipinski definition) is 8. The minimum absolute atomic E-state index is 0.0100. The number of aliphatic hydroxyl groups excluding tert-OH is 2. The summed E-state index contributed by atoms with van der Waals surface area (Å²) in [7, 11) is 0. The molecule has 0 spiro atoms. The molecule has 0 aromatic heterocycles. The molecule has 10 nitrogen and oxygen atoms in total. The number of nitrogens with zero attached hydrogens (tertiary/aromatic N) is 1. The number of unbranched alkanes of at least 4 members (excludes halogenated alkanes) is 2. The molecule has 2 saturated heterocycles. The van der Waals surface area contributed by atoms with Crippen molar-refractivity contribution in [2.75, 3.05) is 25.0 Å². The second-order valence-corrected chi connectivity index (χ2v) is 10.6. The zero-order valence-corrected chi connectivity index (χ0v) is 22.8. The van der Waals surface area contributed by atoms with Gasteiger partial charge in [0.15, 0.2) is 6.29 Å². The van der Waals surface area contributed by atoms with Gasteiger partial charge in [-0.15, -0.1) is 0 Å². The molecule has 2 aliphatic heterocycles. The number of anilines is 1. The first kappa shape index (κ1) is 30.1. The van der Waals surface area contributed by atoms with Crippen molar-refractivity contribution in [3.05, 3.63) is 65.2 Å². The van der Waals surface area contributed by atoms with Gasteiger partial charge in [-0.25, -0.2) is 5.48 Å². The lowest BCUT2D eigenvalue weighted by Crippen LogP contribution is -2.42. The van der Waals surface area contributed by atoms with E-state index >= 15 is 0 Å². The number of benzene rings is 2. The first-order valence-electron chi connectivity index (χ1n) is 14.2. The molecule has 0 bridgehead atoms. The Balaban J connectivity index is 1.37. The van der Waals surface area contributed by atoms with E-state index < -0.39 is 12.2 Å². The van der Waals surface area contributed by atoms with E-state index in [0.717, 1.165) is 49.0 Å². The first-order valence-corrected chi connectivity index (χ1v) is 14.2. The van der Waals surface area contributed by atoms with Crippen molar-refractivity contribution in [3.63, 3.8) is 0 Å². The summed E-state index contributed by atoms with van der Waals surface area (Å²) < 4.78 is 12.8. The smallest absolute Gasteiger partial charge is 0.243 e. The number of amides is 2. The number of hydrogen-bond donors (Lipinski definition) is 5. The van der Waals surface area contributed by atoms with Crippen molar-refractivity contribution in [3.8, 4) is 0 Å². The highest BCUT2D eigenvalue weighted by Crippen LogP contribution is 2.39. The van der Waals surface area contributed by atoms with Gasteiger partial charge in [0.05, 0.1) is 25.4 Å². The van der Waals surface area contributed by atoms with Gasteiger partial charge in [-0.05, 0) is 55.5 Å². The molecule has 0 aliphatic carbocycles. The lowest BCUT2D eigenvalue weighted by molar-refractivity contribution is -0.253. The van der Waals surface area contributed by atoms with Crippen LogP contribution in [-0.4, -0.2) is 64.0 Å². The molecule has 2 amide bonds. The summed E-state index contributed by atoms with van der Waals surface area (Å²) in [4.78, 5) is 25.7. The number of carbonyl (C=O) groups excluding carboxylic acids is 2. The predicted molar refractivity (Wildman–Crippen MR) is 148 cm³/mol. The van der Waals surface area contributed by atoms with E-state index in [4.69, 9.17) is 14.7 Å². The van der Waals surface area contributed by atoms with Gasteiger partial charge < -0.3 is 25.0 Å². The quantitative estimate of drug-likeness (QED) is 0.144. The van der Waals surface area contributed by atoms with Crippen LogP contribution in [0.25, 0.3) is 0 Å². The molecule has 2 aliphatic rings. The third-order valence-electron chi connectivity index (χ3n) is 7.66. The average Bonchev–Trinajstić information content (AvgIpc) is 3.44. The SMILES string of the molecule is O=C(CCCCCC(=O)Nc1ccc([C@@H]2O[C@H](CN3CCC[C@H]3CO)C[C@H](c3ccc(CO)cc3)O2)cc1)NO. The second-order valence-electron chi connectivity index (χ2n) is 10.6. The molecule has 2 aromatic carbocycles. The Hall–Kier alpha value is -2.86.